The highest BCUT2D eigenvalue weighted by Gasteiger charge is 2.27. The number of hydrogen-bond acceptors (Lipinski definition) is 4. The summed E-state index contributed by atoms with van der Waals surface area (Å²) in [5.41, 5.74) is 2.43. The number of nitrogens with zero attached hydrogens (tertiary/aromatic N) is 1. The molecule has 0 amide bonds. The molecule has 4 nitrogen and oxygen atoms in total. The predicted molar refractivity (Wildman–Crippen MR) is 110 cm³/mol. The first-order chi connectivity index (χ1) is 13.3. The molecule has 1 N–H and O–H groups in total. The summed E-state index contributed by atoms with van der Waals surface area (Å²) >= 11 is 0. The number of nitrogens with one attached hydrogen (secondary N) is 1. The van der Waals surface area contributed by atoms with Crippen molar-refractivity contribution in [2.75, 3.05) is 40.4 Å². The third kappa shape index (κ3) is 3.64. The van der Waals surface area contributed by atoms with Gasteiger partial charge < -0.3 is 14.8 Å². The fourth-order valence-corrected chi connectivity index (χ4v) is 3.96. The molecular formula is C23H26N2O2. The zero-order chi connectivity index (χ0) is 18.6. The van der Waals surface area contributed by atoms with E-state index in [4.69, 9.17) is 9.47 Å². The van der Waals surface area contributed by atoms with Crippen molar-refractivity contribution in [3.05, 3.63) is 71.8 Å². The first kappa shape index (κ1) is 17.8. The zero-order valence-corrected chi connectivity index (χ0v) is 15.9. The van der Waals surface area contributed by atoms with Gasteiger partial charge in [0.15, 0.2) is 0 Å². The van der Waals surface area contributed by atoms with Crippen molar-refractivity contribution in [2.45, 2.75) is 6.04 Å². The number of ether oxygens (including phenoxy) is 2. The van der Waals surface area contributed by atoms with Gasteiger partial charge in [-0.25, -0.2) is 0 Å². The Morgan fingerprint density at radius 3 is 2.37 bits per heavy atom. The van der Waals surface area contributed by atoms with Gasteiger partial charge in [0.1, 0.15) is 11.5 Å². The van der Waals surface area contributed by atoms with Crippen LogP contribution in [0.1, 0.15) is 17.2 Å². The quantitative estimate of drug-likeness (QED) is 0.747. The van der Waals surface area contributed by atoms with Crippen LogP contribution in [0, 0.1) is 0 Å². The van der Waals surface area contributed by atoms with Crippen molar-refractivity contribution < 1.29 is 9.47 Å². The van der Waals surface area contributed by atoms with Gasteiger partial charge in [0.25, 0.3) is 0 Å². The second kappa shape index (κ2) is 7.99. The molecule has 3 aromatic rings. The van der Waals surface area contributed by atoms with Crippen molar-refractivity contribution >= 4 is 10.8 Å². The Labute approximate surface area is 160 Å². The van der Waals surface area contributed by atoms with Crippen LogP contribution in [0.15, 0.2) is 60.7 Å². The van der Waals surface area contributed by atoms with Crippen molar-refractivity contribution in [1.29, 1.82) is 0 Å². The van der Waals surface area contributed by atoms with Crippen LogP contribution < -0.4 is 14.8 Å². The van der Waals surface area contributed by atoms with Crippen LogP contribution in [0.25, 0.3) is 10.8 Å². The molecule has 1 fully saturated rings. The van der Waals surface area contributed by atoms with E-state index in [2.05, 4.69) is 58.7 Å². The molecule has 1 aliphatic heterocycles. The lowest BCUT2D eigenvalue weighted by molar-refractivity contribution is 0.195. The van der Waals surface area contributed by atoms with E-state index in [0.29, 0.717) is 0 Å². The number of hydrogen-bond donors (Lipinski definition) is 1. The van der Waals surface area contributed by atoms with Crippen LogP contribution in [0.2, 0.25) is 0 Å². The zero-order valence-electron chi connectivity index (χ0n) is 15.9. The number of benzene rings is 3. The molecular weight excluding hydrogens is 336 g/mol. The Morgan fingerprint density at radius 1 is 0.852 bits per heavy atom. The van der Waals surface area contributed by atoms with Gasteiger partial charge in [0, 0.05) is 31.7 Å². The molecule has 0 radical (unpaired) electrons. The Morgan fingerprint density at radius 2 is 1.63 bits per heavy atom. The van der Waals surface area contributed by atoms with Gasteiger partial charge in [-0.1, -0.05) is 36.4 Å². The maximum absolute atomic E-state index is 5.73. The minimum Gasteiger partial charge on any atom is -0.497 e. The van der Waals surface area contributed by atoms with Gasteiger partial charge in [-0.2, -0.15) is 0 Å². The molecule has 0 spiro atoms. The van der Waals surface area contributed by atoms with E-state index in [-0.39, 0.29) is 6.04 Å². The maximum atomic E-state index is 5.73. The van der Waals surface area contributed by atoms with Crippen LogP contribution in [0.4, 0.5) is 0 Å². The predicted octanol–water partition coefficient (Wildman–Crippen LogP) is 3.85. The van der Waals surface area contributed by atoms with Crippen LogP contribution in [-0.4, -0.2) is 45.3 Å². The summed E-state index contributed by atoms with van der Waals surface area (Å²) in [6, 6.07) is 21.5. The maximum Gasteiger partial charge on any atom is 0.124 e. The molecule has 0 aliphatic carbocycles. The molecule has 0 aromatic heterocycles. The summed E-state index contributed by atoms with van der Waals surface area (Å²) in [4.78, 5) is 2.53. The summed E-state index contributed by atoms with van der Waals surface area (Å²) in [6.45, 7) is 3.99. The SMILES string of the molecule is COc1ccc(OC)c(C(c2ccc3ccccc3c2)N2CCNCC2)c1. The number of methoxy groups -OCH3 is 2. The molecule has 1 saturated heterocycles. The molecule has 1 atom stereocenters. The van der Waals surface area contributed by atoms with Crippen molar-refractivity contribution in [3.63, 3.8) is 0 Å². The van der Waals surface area contributed by atoms with Gasteiger partial charge in [0.2, 0.25) is 0 Å². The Hall–Kier alpha value is -2.56. The lowest BCUT2D eigenvalue weighted by Gasteiger charge is -2.36. The third-order valence-electron chi connectivity index (χ3n) is 5.34. The Balaban J connectivity index is 1.86. The number of piperazine rings is 1. The highest BCUT2D eigenvalue weighted by Crippen LogP contribution is 2.38. The van der Waals surface area contributed by atoms with E-state index in [0.717, 1.165) is 43.2 Å². The Bertz CT molecular complexity index is 919. The second-order valence-corrected chi connectivity index (χ2v) is 6.90. The summed E-state index contributed by atoms with van der Waals surface area (Å²) in [5, 5.41) is 5.98. The minimum atomic E-state index is 0.127. The minimum absolute atomic E-state index is 0.127. The fourth-order valence-electron chi connectivity index (χ4n) is 3.96. The molecule has 27 heavy (non-hydrogen) atoms. The molecule has 4 rings (SSSR count). The van der Waals surface area contributed by atoms with E-state index < -0.39 is 0 Å². The molecule has 3 aromatic carbocycles. The molecule has 140 valence electrons. The van der Waals surface area contributed by atoms with E-state index >= 15 is 0 Å². The highest BCUT2D eigenvalue weighted by molar-refractivity contribution is 5.83. The lowest BCUT2D eigenvalue weighted by atomic mass is 9.93. The van der Waals surface area contributed by atoms with Crippen molar-refractivity contribution in [1.82, 2.24) is 10.2 Å². The normalized spacial score (nSPS) is 16.2. The van der Waals surface area contributed by atoms with Gasteiger partial charge >= 0.3 is 0 Å². The van der Waals surface area contributed by atoms with Crippen LogP contribution in [0.5, 0.6) is 11.5 Å². The first-order valence-corrected chi connectivity index (χ1v) is 9.45. The summed E-state index contributed by atoms with van der Waals surface area (Å²) in [6.07, 6.45) is 0. The number of fused-ring (bicyclic) bond motifs is 1. The van der Waals surface area contributed by atoms with Crippen LogP contribution >= 0.6 is 0 Å². The number of rotatable bonds is 5. The van der Waals surface area contributed by atoms with E-state index in [9.17, 15) is 0 Å². The Kier molecular flexibility index (Phi) is 5.28. The standard InChI is InChI=1S/C23H26N2O2/c1-26-20-9-10-22(27-2)21(16-20)23(25-13-11-24-12-14-25)19-8-7-17-5-3-4-6-18(17)15-19/h3-10,15-16,23-24H,11-14H2,1-2H3. The average Bonchev–Trinajstić information content (AvgIpc) is 2.74. The van der Waals surface area contributed by atoms with Crippen LogP contribution in [0.3, 0.4) is 0 Å². The van der Waals surface area contributed by atoms with Crippen molar-refractivity contribution in [2.24, 2.45) is 0 Å². The highest BCUT2D eigenvalue weighted by atomic mass is 16.5. The van der Waals surface area contributed by atoms with Gasteiger partial charge in [0.05, 0.1) is 20.3 Å². The van der Waals surface area contributed by atoms with E-state index in [1.807, 2.05) is 12.1 Å². The van der Waals surface area contributed by atoms with Gasteiger partial charge in [-0.3, -0.25) is 4.90 Å². The third-order valence-corrected chi connectivity index (χ3v) is 5.34. The molecule has 0 bridgehead atoms. The van der Waals surface area contributed by atoms with E-state index in [1.54, 1.807) is 14.2 Å². The summed E-state index contributed by atoms with van der Waals surface area (Å²) in [7, 11) is 3.45. The second-order valence-electron chi connectivity index (χ2n) is 6.90. The van der Waals surface area contributed by atoms with Gasteiger partial charge in [-0.05, 0) is 40.6 Å². The molecule has 0 saturated carbocycles. The first-order valence-electron chi connectivity index (χ1n) is 9.45. The molecule has 1 heterocycles. The monoisotopic (exact) mass is 362 g/mol. The topological polar surface area (TPSA) is 33.7 Å². The molecule has 1 unspecified atom stereocenters. The smallest absolute Gasteiger partial charge is 0.124 e. The van der Waals surface area contributed by atoms with E-state index in [1.165, 1.54) is 16.3 Å². The van der Waals surface area contributed by atoms with Crippen molar-refractivity contribution in [3.8, 4) is 11.5 Å². The lowest BCUT2D eigenvalue weighted by Crippen LogP contribution is -2.45. The summed E-state index contributed by atoms with van der Waals surface area (Å²) < 4.78 is 11.2. The summed E-state index contributed by atoms with van der Waals surface area (Å²) in [5.74, 6) is 1.75. The fraction of sp³-hybridized carbons (Fsp3) is 0.304. The molecule has 4 heteroatoms. The van der Waals surface area contributed by atoms with Gasteiger partial charge in [-0.15, -0.1) is 0 Å². The average molecular weight is 362 g/mol. The molecule has 1 aliphatic rings. The van der Waals surface area contributed by atoms with Crippen LogP contribution in [-0.2, 0) is 0 Å². The largest absolute Gasteiger partial charge is 0.497 e.